The Morgan fingerprint density at radius 2 is 2.39 bits per heavy atom. The molecule has 0 aromatic carbocycles. The molecule has 0 radical (unpaired) electrons. The molecule has 18 heavy (non-hydrogen) atoms. The van der Waals surface area contributed by atoms with Gasteiger partial charge in [0.2, 0.25) is 0 Å². The summed E-state index contributed by atoms with van der Waals surface area (Å²) in [6.07, 6.45) is 1.57. The van der Waals surface area contributed by atoms with Crippen LogP contribution in [-0.2, 0) is 4.74 Å². The minimum Gasteiger partial charge on any atom is -0.477 e. The van der Waals surface area contributed by atoms with Gasteiger partial charge in [-0.1, -0.05) is 13.3 Å². The van der Waals surface area contributed by atoms with Gasteiger partial charge in [0.05, 0.1) is 12.7 Å². The minimum absolute atomic E-state index is 0.325. The Balaban J connectivity index is 2.20. The molecular formula is C12H18O4S2. The largest absolute Gasteiger partial charge is 0.477 e. The van der Waals surface area contributed by atoms with Gasteiger partial charge in [0.1, 0.15) is 4.88 Å². The van der Waals surface area contributed by atoms with E-state index in [9.17, 15) is 9.90 Å². The van der Waals surface area contributed by atoms with Crippen LogP contribution in [0.3, 0.4) is 0 Å². The Labute approximate surface area is 115 Å². The maximum Gasteiger partial charge on any atom is 0.345 e. The molecule has 0 saturated carbocycles. The fraction of sp³-hybridized carbons (Fsp3) is 0.583. The number of unbranched alkanes of at least 4 members (excludes halogenated alkanes) is 1. The number of ether oxygens (including phenoxy) is 1. The average molecular weight is 290 g/mol. The van der Waals surface area contributed by atoms with Crippen molar-refractivity contribution in [3.63, 3.8) is 0 Å². The third kappa shape index (κ3) is 5.86. The molecule has 0 aliphatic carbocycles. The summed E-state index contributed by atoms with van der Waals surface area (Å²) in [6.45, 7) is 3.11. The Bertz CT molecular complexity index is 365. The first-order valence-corrected chi connectivity index (χ1v) is 7.70. The van der Waals surface area contributed by atoms with Gasteiger partial charge in [-0.05, 0) is 12.5 Å². The Morgan fingerprint density at radius 1 is 1.61 bits per heavy atom. The highest BCUT2D eigenvalue weighted by atomic mass is 32.2. The molecule has 1 atom stereocenters. The van der Waals surface area contributed by atoms with Crippen molar-refractivity contribution in [1.29, 1.82) is 0 Å². The molecule has 0 amide bonds. The quantitative estimate of drug-likeness (QED) is 0.541. The number of carboxylic acid groups (broad SMARTS) is 1. The fourth-order valence-electron chi connectivity index (χ4n) is 1.21. The molecule has 2 N–H and O–H groups in total. The van der Waals surface area contributed by atoms with E-state index in [1.54, 1.807) is 11.4 Å². The van der Waals surface area contributed by atoms with Crippen LogP contribution in [0.2, 0.25) is 0 Å². The van der Waals surface area contributed by atoms with Crippen molar-refractivity contribution in [2.45, 2.75) is 30.8 Å². The van der Waals surface area contributed by atoms with E-state index >= 15 is 0 Å². The van der Waals surface area contributed by atoms with E-state index in [4.69, 9.17) is 9.84 Å². The summed E-state index contributed by atoms with van der Waals surface area (Å²) in [4.78, 5) is 11.9. The van der Waals surface area contributed by atoms with E-state index < -0.39 is 12.1 Å². The summed E-state index contributed by atoms with van der Waals surface area (Å²) in [5.74, 6) is -0.391. The summed E-state index contributed by atoms with van der Waals surface area (Å²) in [5, 5.41) is 20.2. The number of thiophene rings is 1. The predicted molar refractivity (Wildman–Crippen MR) is 73.7 cm³/mol. The zero-order valence-corrected chi connectivity index (χ0v) is 11.9. The second-order valence-corrected chi connectivity index (χ2v) is 5.85. The molecule has 0 bridgehead atoms. The van der Waals surface area contributed by atoms with E-state index in [2.05, 4.69) is 6.92 Å². The molecule has 102 valence electrons. The third-order valence-electron chi connectivity index (χ3n) is 2.18. The van der Waals surface area contributed by atoms with Crippen molar-refractivity contribution in [3.8, 4) is 0 Å². The van der Waals surface area contributed by atoms with Crippen molar-refractivity contribution in [2.75, 3.05) is 19.0 Å². The molecule has 4 nitrogen and oxygen atoms in total. The van der Waals surface area contributed by atoms with Crippen LogP contribution in [0.4, 0.5) is 0 Å². The van der Waals surface area contributed by atoms with Crippen LogP contribution in [-0.4, -0.2) is 41.3 Å². The van der Waals surface area contributed by atoms with Gasteiger partial charge in [0, 0.05) is 22.6 Å². The molecule has 0 aliphatic heterocycles. The summed E-state index contributed by atoms with van der Waals surface area (Å²) < 4.78 is 5.31. The number of carboxylic acids is 1. The normalized spacial score (nSPS) is 12.6. The number of rotatable bonds is 9. The lowest BCUT2D eigenvalue weighted by Gasteiger charge is -2.09. The maximum atomic E-state index is 10.7. The lowest BCUT2D eigenvalue weighted by Crippen LogP contribution is -2.18. The number of aliphatic hydroxyl groups is 1. The molecule has 0 fully saturated rings. The standard InChI is InChI=1S/C12H18O4S2/c1-2-3-4-16-6-9(13)7-17-10-5-11(12(14)15)18-8-10/h5,8-9,13H,2-4,6-7H2,1H3,(H,14,15). The lowest BCUT2D eigenvalue weighted by atomic mass is 10.3. The number of aromatic carboxylic acids is 1. The predicted octanol–water partition coefficient (Wildman–Crippen LogP) is 2.72. The third-order valence-corrected chi connectivity index (χ3v) is 4.37. The number of hydrogen-bond donors (Lipinski definition) is 2. The van der Waals surface area contributed by atoms with Gasteiger partial charge in [0.15, 0.2) is 0 Å². The molecular weight excluding hydrogens is 272 g/mol. The highest BCUT2D eigenvalue weighted by molar-refractivity contribution is 7.99. The number of aliphatic hydroxyl groups excluding tert-OH is 1. The first-order chi connectivity index (χ1) is 8.63. The van der Waals surface area contributed by atoms with E-state index in [1.807, 2.05) is 0 Å². The first kappa shape index (κ1) is 15.5. The fourth-order valence-corrected chi connectivity index (χ4v) is 2.99. The number of carbonyl (C=O) groups is 1. The van der Waals surface area contributed by atoms with E-state index in [0.29, 0.717) is 23.8 Å². The molecule has 1 heterocycles. The van der Waals surface area contributed by atoms with Crippen molar-refractivity contribution in [3.05, 3.63) is 16.3 Å². The molecule has 1 rings (SSSR count). The van der Waals surface area contributed by atoms with Crippen LogP contribution in [0.5, 0.6) is 0 Å². The van der Waals surface area contributed by atoms with Gasteiger partial charge in [-0.25, -0.2) is 4.79 Å². The Hall–Kier alpha value is -0.560. The summed E-state index contributed by atoms with van der Waals surface area (Å²) in [7, 11) is 0. The Morgan fingerprint density at radius 3 is 3.00 bits per heavy atom. The van der Waals surface area contributed by atoms with Crippen LogP contribution in [0.15, 0.2) is 16.3 Å². The van der Waals surface area contributed by atoms with Gasteiger partial charge in [-0.15, -0.1) is 23.1 Å². The SMILES string of the molecule is CCCCOCC(O)CSc1csc(C(=O)O)c1. The monoisotopic (exact) mass is 290 g/mol. The van der Waals surface area contributed by atoms with Gasteiger partial charge in [-0.3, -0.25) is 0 Å². The first-order valence-electron chi connectivity index (χ1n) is 5.84. The summed E-state index contributed by atoms with van der Waals surface area (Å²) >= 11 is 2.65. The molecule has 0 saturated heterocycles. The lowest BCUT2D eigenvalue weighted by molar-refractivity contribution is 0.0473. The topological polar surface area (TPSA) is 66.8 Å². The maximum absolute atomic E-state index is 10.7. The zero-order valence-electron chi connectivity index (χ0n) is 10.3. The highest BCUT2D eigenvalue weighted by Gasteiger charge is 2.09. The van der Waals surface area contributed by atoms with Crippen LogP contribution in [0, 0.1) is 0 Å². The smallest absolute Gasteiger partial charge is 0.345 e. The van der Waals surface area contributed by atoms with E-state index in [-0.39, 0.29) is 0 Å². The average Bonchev–Trinajstić information content (AvgIpc) is 2.81. The molecule has 1 aromatic heterocycles. The zero-order chi connectivity index (χ0) is 13.4. The second kappa shape index (κ2) is 8.53. The van der Waals surface area contributed by atoms with Crippen molar-refractivity contribution >= 4 is 29.1 Å². The van der Waals surface area contributed by atoms with Crippen LogP contribution >= 0.6 is 23.1 Å². The van der Waals surface area contributed by atoms with Gasteiger partial charge >= 0.3 is 5.97 Å². The molecule has 0 spiro atoms. The van der Waals surface area contributed by atoms with Crippen LogP contribution in [0.1, 0.15) is 29.4 Å². The van der Waals surface area contributed by atoms with Crippen molar-refractivity contribution in [1.82, 2.24) is 0 Å². The van der Waals surface area contributed by atoms with Crippen molar-refractivity contribution < 1.29 is 19.7 Å². The van der Waals surface area contributed by atoms with Gasteiger partial charge in [0.25, 0.3) is 0 Å². The highest BCUT2D eigenvalue weighted by Crippen LogP contribution is 2.25. The summed E-state index contributed by atoms with van der Waals surface area (Å²) in [5.41, 5.74) is 0. The van der Waals surface area contributed by atoms with Crippen LogP contribution in [0.25, 0.3) is 0 Å². The second-order valence-electron chi connectivity index (χ2n) is 3.85. The number of thioether (sulfide) groups is 1. The van der Waals surface area contributed by atoms with Gasteiger partial charge < -0.3 is 14.9 Å². The van der Waals surface area contributed by atoms with Gasteiger partial charge in [-0.2, -0.15) is 0 Å². The van der Waals surface area contributed by atoms with E-state index in [1.165, 1.54) is 23.1 Å². The molecule has 0 aliphatic rings. The summed E-state index contributed by atoms with van der Waals surface area (Å²) in [6, 6.07) is 1.63. The van der Waals surface area contributed by atoms with Crippen LogP contribution < -0.4 is 0 Å². The minimum atomic E-state index is -0.907. The Kier molecular flexibility index (Phi) is 7.34. The van der Waals surface area contributed by atoms with E-state index in [0.717, 1.165) is 17.7 Å². The van der Waals surface area contributed by atoms with Crippen molar-refractivity contribution in [2.24, 2.45) is 0 Å². The molecule has 1 aromatic rings. The molecule has 6 heteroatoms. The molecule has 1 unspecified atom stereocenters. The number of hydrogen-bond acceptors (Lipinski definition) is 5.